The van der Waals surface area contributed by atoms with Crippen molar-refractivity contribution in [1.82, 2.24) is 0 Å². The summed E-state index contributed by atoms with van der Waals surface area (Å²) in [7, 11) is 6.13. The van der Waals surface area contributed by atoms with Crippen molar-refractivity contribution in [3.8, 4) is 23.0 Å². The maximum absolute atomic E-state index is 12.1. The molecule has 156 valence electrons. The average Bonchev–Trinajstić information content (AvgIpc) is 2.73. The van der Waals surface area contributed by atoms with Gasteiger partial charge in [0.05, 0.1) is 39.9 Å². The molecule has 2 N–H and O–H groups in total. The van der Waals surface area contributed by atoms with Gasteiger partial charge in [-0.1, -0.05) is 0 Å². The fourth-order valence-electron chi connectivity index (χ4n) is 2.46. The van der Waals surface area contributed by atoms with E-state index in [4.69, 9.17) is 18.9 Å². The maximum Gasteiger partial charge on any atom is 0.234 e. The number of carbonyl (C=O) groups excluding carboxylic acids is 2. The molecule has 2 aromatic carbocycles. The molecule has 0 spiro atoms. The summed E-state index contributed by atoms with van der Waals surface area (Å²) in [5.74, 6) is 2.02. The molecule has 0 heterocycles. The van der Waals surface area contributed by atoms with Gasteiger partial charge < -0.3 is 29.6 Å². The van der Waals surface area contributed by atoms with Gasteiger partial charge in [-0.3, -0.25) is 9.59 Å². The Kier molecular flexibility index (Phi) is 8.47. The quantitative estimate of drug-likeness (QED) is 0.610. The van der Waals surface area contributed by atoms with Crippen molar-refractivity contribution >= 4 is 35.0 Å². The molecule has 0 aliphatic carbocycles. The molecule has 2 amide bonds. The van der Waals surface area contributed by atoms with Crippen LogP contribution in [0, 0.1) is 0 Å². The Hall–Kier alpha value is -3.07. The number of carbonyl (C=O) groups is 2. The second-order valence-electron chi connectivity index (χ2n) is 5.73. The third-order valence-electron chi connectivity index (χ3n) is 3.80. The highest BCUT2D eigenvalue weighted by Gasteiger charge is 2.10. The van der Waals surface area contributed by atoms with Crippen LogP contribution >= 0.6 is 11.8 Å². The van der Waals surface area contributed by atoms with Crippen LogP contribution < -0.4 is 29.6 Å². The van der Waals surface area contributed by atoms with Crippen LogP contribution in [0.1, 0.15) is 0 Å². The van der Waals surface area contributed by atoms with Crippen LogP contribution in [0.2, 0.25) is 0 Å². The monoisotopic (exact) mass is 420 g/mol. The van der Waals surface area contributed by atoms with Crippen LogP contribution in [0.25, 0.3) is 0 Å². The minimum Gasteiger partial charge on any atom is -0.493 e. The second kappa shape index (κ2) is 11.1. The number of thioether (sulfide) groups is 1. The molecule has 0 saturated carbocycles. The predicted octanol–water partition coefficient (Wildman–Crippen LogP) is 3.03. The van der Waals surface area contributed by atoms with Gasteiger partial charge in [0, 0.05) is 23.5 Å². The smallest absolute Gasteiger partial charge is 0.234 e. The number of hydrogen-bond acceptors (Lipinski definition) is 7. The molecule has 0 bridgehead atoms. The lowest BCUT2D eigenvalue weighted by Gasteiger charge is -2.11. The third-order valence-corrected chi connectivity index (χ3v) is 4.73. The summed E-state index contributed by atoms with van der Waals surface area (Å²) in [6.45, 7) is 0. The Morgan fingerprint density at radius 3 is 1.41 bits per heavy atom. The zero-order valence-electron chi connectivity index (χ0n) is 16.7. The molecule has 0 aromatic heterocycles. The minimum atomic E-state index is -0.221. The summed E-state index contributed by atoms with van der Waals surface area (Å²) in [4.78, 5) is 24.2. The van der Waals surface area contributed by atoms with Crippen molar-refractivity contribution in [2.24, 2.45) is 0 Å². The summed E-state index contributed by atoms with van der Waals surface area (Å²) in [5.41, 5.74) is 1.17. The van der Waals surface area contributed by atoms with E-state index in [9.17, 15) is 9.59 Å². The molecule has 0 atom stereocenters. The highest BCUT2D eigenvalue weighted by molar-refractivity contribution is 8.00. The summed E-state index contributed by atoms with van der Waals surface area (Å²) < 4.78 is 20.7. The molecule has 2 rings (SSSR count). The summed E-state index contributed by atoms with van der Waals surface area (Å²) in [6.07, 6.45) is 0. The highest BCUT2D eigenvalue weighted by atomic mass is 32.2. The number of methoxy groups -OCH3 is 4. The predicted molar refractivity (Wildman–Crippen MR) is 114 cm³/mol. The van der Waals surface area contributed by atoms with Crippen molar-refractivity contribution < 1.29 is 28.5 Å². The molecule has 2 aromatic rings. The van der Waals surface area contributed by atoms with Crippen LogP contribution in [-0.4, -0.2) is 51.8 Å². The standard InChI is InChI=1S/C20H24N2O6S/c1-25-15-7-5-13(9-17(15)27-3)21-19(23)11-29-12-20(24)22-14-6-8-16(26-2)18(10-14)28-4/h5-10H,11-12H2,1-4H3,(H,21,23)(H,22,24). The lowest BCUT2D eigenvalue weighted by Crippen LogP contribution is -2.18. The van der Waals surface area contributed by atoms with E-state index in [0.29, 0.717) is 34.4 Å². The zero-order valence-corrected chi connectivity index (χ0v) is 17.6. The largest absolute Gasteiger partial charge is 0.493 e. The van der Waals surface area contributed by atoms with Gasteiger partial charge in [-0.15, -0.1) is 11.8 Å². The van der Waals surface area contributed by atoms with Gasteiger partial charge in [-0.05, 0) is 24.3 Å². The lowest BCUT2D eigenvalue weighted by atomic mass is 10.2. The Morgan fingerprint density at radius 1 is 0.690 bits per heavy atom. The summed E-state index contributed by atoms with van der Waals surface area (Å²) in [5, 5.41) is 5.52. The van der Waals surface area contributed by atoms with E-state index in [1.807, 2.05) is 0 Å². The Labute approximate surface area is 173 Å². The summed E-state index contributed by atoms with van der Waals surface area (Å²) >= 11 is 1.21. The number of rotatable bonds is 10. The first-order valence-corrected chi connectivity index (χ1v) is 9.77. The molecule has 0 aliphatic heterocycles. The maximum atomic E-state index is 12.1. The van der Waals surface area contributed by atoms with E-state index >= 15 is 0 Å². The van der Waals surface area contributed by atoms with Gasteiger partial charge in [-0.25, -0.2) is 0 Å². The van der Waals surface area contributed by atoms with Crippen molar-refractivity contribution in [1.29, 1.82) is 0 Å². The molecule has 0 fully saturated rings. The van der Waals surface area contributed by atoms with Crippen LogP contribution in [0.4, 0.5) is 11.4 Å². The number of hydrogen-bond donors (Lipinski definition) is 2. The molecule has 0 aliphatic rings. The van der Waals surface area contributed by atoms with Crippen LogP contribution in [0.3, 0.4) is 0 Å². The van der Waals surface area contributed by atoms with Gasteiger partial charge in [-0.2, -0.15) is 0 Å². The minimum absolute atomic E-state index is 0.133. The molecule has 9 heteroatoms. The molecule has 0 saturated heterocycles. The second-order valence-corrected chi connectivity index (χ2v) is 6.71. The molecule has 8 nitrogen and oxygen atoms in total. The van der Waals surface area contributed by atoms with Crippen molar-refractivity contribution in [3.05, 3.63) is 36.4 Å². The van der Waals surface area contributed by atoms with Gasteiger partial charge in [0.2, 0.25) is 11.8 Å². The zero-order chi connectivity index (χ0) is 21.2. The normalized spacial score (nSPS) is 10.1. The summed E-state index contributed by atoms with van der Waals surface area (Å²) in [6, 6.07) is 10.2. The topological polar surface area (TPSA) is 95.1 Å². The van der Waals surface area contributed by atoms with Crippen molar-refractivity contribution in [2.75, 3.05) is 50.6 Å². The fraction of sp³-hybridized carbons (Fsp3) is 0.300. The Balaban J connectivity index is 1.80. The van der Waals surface area contributed by atoms with Crippen molar-refractivity contribution in [2.45, 2.75) is 0 Å². The van der Waals surface area contributed by atoms with Crippen molar-refractivity contribution in [3.63, 3.8) is 0 Å². The number of benzene rings is 2. The van der Waals surface area contributed by atoms with E-state index < -0.39 is 0 Å². The fourth-order valence-corrected chi connectivity index (χ4v) is 3.08. The van der Waals surface area contributed by atoms with E-state index in [0.717, 1.165) is 0 Å². The molecular weight excluding hydrogens is 396 g/mol. The van der Waals surface area contributed by atoms with Crippen LogP contribution in [-0.2, 0) is 9.59 Å². The first-order valence-electron chi connectivity index (χ1n) is 8.62. The SMILES string of the molecule is COc1ccc(NC(=O)CSCC(=O)Nc2ccc(OC)c(OC)c2)cc1OC. The molecule has 0 radical (unpaired) electrons. The van der Waals surface area contributed by atoms with Crippen LogP contribution in [0.15, 0.2) is 36.4 Å². The average molecular weight is 420 g/mol. The molecule has 29 heavy (non-hydrogen) atoms. The highest BCUT2D eigenvalue weighted by Crippen LogP contribution is 2.30. The first kappa shape index (κ1) is 22.2. The number of nitrogens with one attached hydrogen (secondary N) is 2. The van der Waals surface area contributed by atoms with Crippen LogP contribution in [0.5, 0.6) is 23.0 Å². The van der Waals surface area contributed by atoms with Gasteiger partial charge in [0.1, 0.15) is 0 Å². The van der Waals surface area contributed by atoms with Gasteiger partial charge in [0.15, 0.2) is 23.0 Å². The number of amides is 2. The van der Waals surface area contributed by atoms with E-state index in [1.54, 1.807) is 50.6 Å². The number of anilines is 2. The first-order chi connectivity index (χ1) is 14.0. The van der Waals surface area contributed by atoms with E-state index in [2.05, 4.69) is 10.6 Å². The lowest BCUT2D eigenvalue weighted by molar-refractivity contribution is -0.114. The third kappa shape index (κ3) is 6.49. The number of ether oxygens (including phenoxy) is 4. The molecular formula is C20H24N2O6S. The molecule has 0 unspecified atom stereocenters. The van der Waals surface area contributed by atoms with Gasteiger partial charge >= 0.3 is 0 Å². The van der Waals surface area contributed by atoms with E-state index in [1.165, 1.54) is 26.0 Å². The Bertz CT molecular complexity index is 789. The van der Waals surface area contributed by atoms with E-state index in [-0.39, 0.29) is 23.3 Å². The van der Waals surface area contributed by atoms with Gasteiger partial charge in [0.25, 0.3) is 0 Å². The Morgan fingerprint density at radius 2 is 1.07 bits per heavy atom.